The summed E-state index contributed by atoms with van der Waals surface area (Å²) >= 11 is 3.81. The summed E-state index contributed by atoms with van der Waals surface area (Å²) in [6.45, 7) is -0.471. The van der Waals surface area contributed by atoms with Crippen LogP contribution >= 0.6 is 34.9 Å². The first kappa shape index (κ1) is 30.5. The molecule has 0 radical (unpaired) electrons. The summed E-state index contributed by atoms with van der Waals surface area (Å²) in [4.78, 5) is 61.8. The topological polar surface area (TPSA) is 216 Å². The van der Waals surface area contributed by atoms with Gasteiger partial charge < -0.3 is 36.1 Å². The van der Waals surface area contributed by atoms with Crippen LogP contribution in [0.3, 0.4) is 0 Å². The number of carboxylic acids is 1. The number of oxime groups is 1. The maximum atomic E-state index is 13.3. The molecule has 1 saturated heterocycles. The number of rotatable bonds is 11. The number of thiazole rings is 1. The molecule has 1 saturated carbocycles. The van der Waals surface area contributed by atoms with Gasteiger partial charge in [0.1, 0.15) is 22.8 Å². The highest BCUT2D eigenvalue weighted by Gasteiger charge is 2.53. The molecule has 15 nitrogen and oxygen atoms in total. The SMILES string of the molecule is Nc1nc(/C(=N/OCc2cc(=O)c(O)cn2O)C(=O)N[C@@H]2C(=O)N3C(C(=O)[O-])=C(CSc4cc[n+](C5CC5)cc4)CS[C@H]23)cs1. The Labute approximate surface area is 267 Å². The highest BCUT2D eigenvalue weighted by molar-refractivity contribution is 8.01. The molecular formula is C27H25N7O8S3. The van der Waals surface area contributed by atoms with Gasteiger partial charge in [-0.15, -0.1) is 34.9 Å². The highest BCUT2D eigenvalue weighted by atomic mass is 32.2. The van der Waals surface area contributed by atoms with Crippen molar-refractivity contribution in [3.8, 4) is 5.75 Å². The Hall–Kier alpha value is -4.55. The molecule has 3 aromatic rings. The Kier molecular flexibility index (Phi) is 8.43. The van der Waals surface area contributed by atoms with Gasteiger partial charge in [-0.25, -0.2) is 9.55 Å². The molecule has 0 aromatic carbocycles. The molecule has 5 N–H and O–H groups in total. The van der Waals surface area contributed by atoms with Gasteiger partial charge in [0.15, 0.2) is 41.6 Å². The monoisotopic (exact) mass is 671 g/mol. The van der Waals surface area contributed by atoms with E-state index in [1.54, 1.807) is 0 Å². The third kappa shape index (κ3) is 6.34. The Bertz CT molecular complexity index is 1800. The molecule has 0 unspecified atom stereocenters. The first-order valence-electron chi connectivity index (χ1n) is 13.5. The number of nitrogens with zero attached hydrogens (tertiary/aromatic N) is 5. The summed E-state index contributed by atoms with van der Waals surface area (Å²) in [5, 5.41) is 38.8. The van der Waals surface area contributed by atoms with E-state index in [1.807, 2.05) is 24.5 Å². The van der Waals surface area contributed by atoms with Gasteiger partial charge in [-0.1, -0.05) is 5.16 Å². The minimum absolute atomic E-state index is 0.0419. The summed E-state index contributed by atoms with van der Waals surface area (Å²) in [5.74, 6) is -2.97. The van der Waals surface area contributed by atoms with Crippen LogP contribution in [0.2, 0.25) is 0 Å². The number of nitrogens with two attached hydrogens (primary N) is 1. The normalized spacial score (nSPS) is 19.6. The maximum Gasteiger partial charge on any atom is 0.276 e. The standard InChI is InChI=1S/C27H25N7O8S3/c28-27-29-17(12-45-27)20(31-42-9-15-7-18(35)19(36)8-33(15)41)23(37)30-21-24(38)34-22(26(39)40)13(11-44-25(21)34)10-43-16-3-5-32(6-4-16)14-1-2-14/h3-8,12,14,21,25,41H,1-2,9-11H2,(H4-,28,29,30,36,37,39,40)/b31-20-/t21-,25-/m1/s1. The second-order valence-corrected chi connectivity index (χ2v) is 13.3. The number of carboxylic acid groups (broad SMARTS) is 1. The molecule has 0 bridgehead atoms. The molecule has 2 aliphatic heterocycles. The number of carbonyl (C=O) groups is 3. The zero-order chi connectivity index (χ0) is 31.8. The van der Waals surface area contributed by atoms with E-state index in [9.17, 15) is 34.6 Å². The van der Waals surface area contributed by atoms with Gasteiger partial charge in [0.05, 0.1) is 17.9 Å². The van der Waals surface area contributed by atoms with Crippen molar-refractivity contribution in [3.63, 3.8) is 0 Å². The average Bonchev–Trinajstić information content (AvgIpc) is 3.78. The van der Waals surface area contributed by atoms with Crippen LogP contribution in [-0.2, 0) is 25.8 Å². The smallest absolute Gasteiger partial charge is 0.276 e. The summed E-state index contributed by atoms with van der Waals surface area (Å²) < 4.78 is 2.62. The van der Waals surface area contributed by atoms with Gasteiger partial charge in [0.25, 0.3) is 11.8 Å². The third-order valence-electron chi connectivity index (χ3n) is 7.17. The molecule has 0 spiro atoms. The first-order valence-corrected chi connectivity index (χ1v) is 16.4. The number of carbonyl (C=O) groups excluding carboxylic acids is 3. The minimum atomic E-state index is -1.47. The molecular weight excluding hydrogens is 647 g/mol. The molecule has 234 valence electrons. The van der Waals surface area contributed by atoms with Crippen LogP contribution in [0.25, 0.3) is 0 Å². The van der Waals surface area contributed by atoms with Crippen LogP contribution in [0.5, 0.6) is 5.75 Å². The van der Waals surface area contributed by atoms with Crippen LogP contribution < -0.4 is 26.2 Å². The number of aliphatic carboxylic acids is 1. The van der Waals surface area contributed by atoms with Gasteiger partial charge in [-0.2, -0.15) is 4.73 Å². The number of pyridine rings is 2. The Balaban J connectivity index is 1.14. The van der Waals surface area contributed by atoms with E-state index in [2.05, 4.69) is 20.0 Å². The highest BCUT2D eigenvalue weighted by Crippen LogP contribution is 2.41. The largest absolute Gasteiger partial charge is 0.543 e. The van der Waals surface area contributed by atoms with E-state index in [0.29, 0.717) is 27.9 Å². The average molecular weight is 672 g/mol. The lowest BCUT2D eigenvalue weighted by Crippen LogP contribution is -2.71. The van der Waals surface area contributed by atoms with Gasteiger partial charge in [-0.05, 0) is 5.57 Å². The summed E-state index contributed by atoms with van der Waals surface area (Å²) in [7, 11) is 0. The number of anilines is 1. The first-order chi connectivity index (χ1) is 21.6. The van der Waals surface area contributed by atoms with Gasteiger partial charge in [0.2, 0.25) is 5.43 Å². The van der Waals surface area contributed by atoms with Crippen molar-refractivity contribution in [2.24, 2.45) is 5.16 Å². The summed E-state index contributed by atoms with van der Waals surface area (Å²) in [5.41, 5.74) is 4.93. The lowest BCUT2D eigenvalue weighted by molar-refractivity contribution is -0.700. The fourth-order valence-corrected chi connectivity index (χ4v) is 7.64. The zero-order valence-electron chi connectivity index (χ0n) is 23.2. The van der Waals surface area contributed by atoms with E-state index in [0.717, 1.165) is 33.4 Å². The second-order valence-electron chi connectivity index (χ2n) is 10.2. The number of aromatic hydroxyl groups is 1. The van der Waals surface area contributed by atoms with Crippen molar-refractivity contribution in [3.05, 3.63) is 75.1 Å². The van der Waals surface area contributed by atoms with Gasteiger partial charge >= 0.3 is 0 Å². The number of hydrogen-bond donors (Lipinski definition) is 4. The summed E-state index contributed by atoms with van der Waals surface area (Å²) in [6, 6.07) is 4.36. The molecule has 3 aromatic heterocycles. The quantitative estimate of drug-likeness (QED) is 0.0510. The van der Waals surface area contributed by atoms with Crippen molar-refractivity contribution in [2.45, 2.75) is 41.8 Å². The molecule has 2 amide bonds. The number of fused-ring (bicyclic) bond motifs is 1. The lowest BCUT2D eigenvalue weighted by Gasteiger charge is -2.50. The molecule has 5 heterocycles. The van der Waals surface area contributed by atoms with E-state index in [4.69, 9.17) is 10.6 Å². The Morgan fingerprint density at radius 1 is 1.29 bits per heavy atom. The molecule has 2 atom stereocenters. The van der Waals surface area contributed by atoms with Crippen LogP contribution in [0.1, 0.15) is 30.3 Å². The van der Waals surface area contributed by atoms with E-state index < -0.39 is 47.0 Å². The zero-order valence-corrected chi connectivity index (χ0v) is 25.6. The van der Waals surface area contributed by atoms with Crippen LogP contribution in [0.4, 0.5) is 5.13 Å². The van der Waals surface area contributed by atoms with Crippen LogP contribution in [-0.4, -0.2) is 71.3 Å². The van der Waals surface area contributed by atoms with Crippen LogP contribution in [0.15, 0.2) is 68.3 Å². The second kappa shape index (κ2) is 12.4. The van der Waals surface area contributed by atoms with Crippen molar-refractivity contribution >= 4 is 63.5 Å². The number of amides is 2. The maximum absolute atomic E-state index is 13.3. The third-order valence-corrected chi connectivity index (χ3v) is 10.3. The number of nitrogens with one attached hydrogen (secondary N) is 1. The van der Waals surface area contributed by atoms with Crippen LogP contribution in [0, 0.1) is 0 Å². The van der Waals surface area contributed by atoms with Crippen molar-refractivity contribution in [2.75, 3.05) is 17.2 Å². The Morgan fingerprint density at radius 3 is 2.71 bits per heavy atom. The van der Waals surface area contributed by atoms with Crippen molar-refractivity contribution in [1.29, 1.82) is 0 Å². The molecule has 3 aliphatic rings. The fraction of sp³-hybridized carbons (Fsp3) is 0.296. The van der Waals surface area contributed by atoms with Gasteiger partial charge in [-0.3, -0.25) is 19.3 Å². The minimum Gasteiger partial charge on any atom is -0.543 e. The van der Waals surface area contributed by atoms with Crippen molar-refractivity contribution < 1.29 is 39.2 Å². The fourth-order valence-electron chi connectivity index (χ4n) is 4.72. The molecule has 6 rings (SSSR count). The predicted octanol–water partition coefficient (Wildman–Crippen LogP) is -0.431. The lowest BCUT2D eigenvalue weighted by atomic mass is 10.0. The Morgan fingerprint density at radius 2 is 2.04 bits per heavy atom. The molecule has 18 heteroatoms. The van der Waals surface area contributed by atoms with Gasteiger partial charge in [0, 0.05) is 52.8 Å². The molecule has 1 aliphatic carbocycles. The number of β-lactam (4-membered cyclic amide) rings is 1. The number of hydrogen-bond acceptors (Lipinski definition) is 14. The summed E-state index contributed by atoms with van der Waals surface area (Å²) in [6.07, 6.45) is 7.12. The van der Waals surface area contributed by atoms with Crippen molar-refractivity contribution in [1.82, 2.24) is 19.9 Å². The number of aromatic nitrogens is 3. The number of thioether (sulfide) groups is 2. The number of nitrogen functional groups attached to an aromatic ring is 1. The van der Waals surface area contributed by atoms with E-state index >= 15 is 0 Å². The van der Waals surface area contributed by atoms with E-state index in [1.165, 1.54) is 41.7 Å². The predicted molar refractivity (Wildman–Crippen MR) is 160 cm³/mol. The molecule has 45 heavy (non-hydrogen) atoms. The van der Waals surface area contributed by atoms with E-state index in [-0.39, 0.29) is 27.9 Å². The molecule has 2 fully saturated rings.